The largest absolute Gasteiger partial charge is 0.497 e. The van der Waals surface area contributed by atoms with Crippen molar-refractivity contribution in [2.75, 3.05) is 20.3 Å². The molecular weight excluding hydrogens is 735 g/mol. The lowest BCUT2D eigenvalue weighted by Gasteiger charge is -2.33. The molecule has 0 unspecified atom stereocenters. The van der Waals surface area contributed by atoms with Crippen LogP contribution in [0.3, 0.4) is 0 Å². The third-order valence-corrected chi connectivity index (χ3v) is 13.8. The fraction of sp³-hybridized carbons (Fsp3) is 0.605. The highest BCUT2D eigenvalue weighted by Gasteiger charge is 2.63. The van der Waals surface area contributed by atoms with Crippen LogP contribution in [0.25, 0.3) is 10.8 Å². The van der Waals surface area contributed by atoms with Gasteiger partial charge in [0.1, 0.15) is 29.5 Å². The lowest BCUT2D eigenvalue weighted by atomic mass is 10.0. The molecule has 4 N–H and O–H groups in total. The molecule has 1 aromatic heterocycles. The number of nitrogens with zero attached hydrogens (tertiary/aromatic N) is 2. The summed E-state index contributed by atoms with van der Waals surface area (Å²) < 4.78 is 51.7. The van der Waals surface area contributed by atoms with Crippen molar-refractivity contribution in [3.8, 4) is 17.5 Å². The second-order valence-corrected chi connectivity index (χ2v) is 17.7. The summed E-state index contributed by atoms with van der Waals surface area (Å²) >= 11 is 0. The van der Waals surface area contributed by atoms with E-state index >= 15 is 0 Å². The maximum Gasteiger partial charge on any atom is 0.405 e. The Kier molecular flexibility index (Phi) is 10.4. The Morgan fingerprint density at radius 1 is 1.20 bits per heavy atom. The molecule has 3 fully saturated rings. The summed E-state index contributed by atoms with van der Waals surface area (Å²) in [5.41, 5.74) is -0.669. The summed E-state index contributed by atoms with van der Waals surface area (Å²) in [6, 6.07) is 2.89. The normalized spacial score (nSPS) is 30.3. The highest BCUT2D eigenvalue weighted by molar-refractivity contribution is 7.91. The number of methoxy groups -OCH3 is 1. The summed E-state index contributed by atoms with van der Waals surface area (Å²) in [4.78, 5) is 61.0. The first-order valence-electron chi connectivity index (χ1n) is 19.0. The Balaban J connectivity index is 1.25. The molecular formula is C38H49N5O11S. The average Bonchev–Trinajstić information content (AvgIpc) is 4.04. The van der Waals surface area contributed by atoms with Gasteiger partial charge in [-0.05, 0) is 88.8 Å². The first-order valence-corrected chi connectivity index (χ1v) is 20.5. The SMILES string of the molecule is CC[C@@H]1O[C@H](C)CCC=C[C@@H]2C[C@@]2(C(=O)NS(=O)(=O)C2(C)CC2)NC(=O)[C@@H]2C[C@@H](Oc3nc4c(c5cc(OC)ccc35)CCCO4)CN2C(=O)[C@H]1NC(=O)O. The quantitative estimate of drug-likeness (QED) is 0.285. The van der Waals surface area contributed by atoms with Crippen molar-refractivity contribution in [1.82, 2.24) is 25.2 Å². The van der Waals surface area contributed by atoms with Crippen LogP contribution in [0.5, 0.6) is 17.5 Å². The van der Waals surface area contributed by atoms with E-state index < -0.39 is 74.3 Å². The smallest absolute Gasteiger partial charge is 0.405 e. The Morgan fingerprint density at radius 2 is 1.98 bits per heavy atom. The number of aromatic nitrogens is 1. The van der Waals surface area contributed by atoms with Gasteiger partial charge in [0, 0.05) is 23.3 Å². The monoisotopic (exact) mass is 783 g/mol. The molecule has 0 radical (unpaired) electrons. The number of allylic oxidation sites excluding steroid dienone is 1. The molecule has 4 amide bonds. The standard InChI is InChI=1S/C38H49N5O11S/c1-5-29-30(39-36(47)48)34(45)43-20-24(54-33-26-13-12-23(51-4)17-27(26)25-11-8-16-52-32(25)40-33)18-28(43)31(44)41-38(19-22(38)10-7-6-9-21(2)53-29)35(46)42-55(49,50)37(3)14-15-37/h7,10,12-13,17,21-22,24,28-30,39H,5-6,8-9,11,14-16,18-20H2,1-4H3,(H,41,44)(H,42,46)(H,47,48)/t21-,22-,24-,28+,29+,30+,38-/m1/s1. The number of benzene rings is 1. The van der Waals surface area contributed by atoms with Crippen molar-refractivity contribution in [2.45, 2.75) is 119 Å². The number of carbonyl (C=O) groups is 4. The second kappa shape index (κ2) is 14.8. The van der Waals surface area contributed by atoms with E-state index in [9.17, 15) is 32.7 Å². The number of fused-ring (bicyclic) bond motifs is 5. The number of pyridine rings is 1. The van der Waals surface area contributed by atoms with Gasteiger partial charge >= 0.3 is 6.09 Å². The van der Waals surface area contributed by atoms with Gasteiger partial charge in [-0.2, -0.15) is 4.98 Å². The first kappa shape index (κ1) is 38.6. The molecule has 0 spiro atoms. The number of carboxylic acid groups (broad SMARTS) is 1. The first-order chi connectivity index (χ1) is 26.2. The molecule has 3 aliphatic heterocycles. The van der Waals surface area contributed by atoms with Crippen LogP contribution >= 0.6 is 0 Å². The summed E-state index contributed by atoms with van der Waals surface area (Å²) in [7, 11) is -2.45. The third-order valence-electron chi connectivity index (χ3n) is 11.6. The van der Waals surface area contributed by atoms with Gasteiger partial charge in [0.2, 0.25) is 33.6 Å². The summed E-state index contributed by atoms with van der Waals surface area (Å²) in [6.45, 7) is 5.53. The van der Waals surface area contributed by atoms with Gasteiger partial charge in [-0.1, -0.05) is 19.1 Å². The molecule has 1 aromatic carbocycles. The van der Waals surface area contributed by atoms with Crippen LogP contribution in [0.4, 0.5) is 4.79 Å². The number of amides is 4. The molecule has 7 rings (SSSR count). The number of carbonyl (C=O) groups excluding carboxylic acids is 3. The van der Waals surface area contributed by atoms with E-state index in [1.165, 1.54) is 4.90 Å². The van der Waals surface area contributed by atoms with Crippen LogP contribution in [0.1, 0.15) is 77.7 Å². The number of sulfonamides is 1. The number of hydrogen-bond acceptors (Lipinski definition) is 11. The highest BCUT2D eigenvalue weighted by atomic mass is 32.2. The Morgan fingerprint density at radius 3 is 2.69 bits per heavy atom. The Labute approximate surface area is 319 Å². The van der Waals surface area contributed by atoms with Crippen molar-refractivity contribution >= 4 is 44.6 Å². The Bertz CT molecular complexity index is 2020. The van der Waals surface area contributed by atoms with E-state index in [0.717, 1.165) is 23.8 Å². The topological polar surface area (TPSA) is 212 Å². The predicted molar refractivity (Wildman–Crippen MR) is 198 cm³/mol. The minimum Gasteiger partial charge on any atom is -0.497 e. The molecule has 16 nitrogen and oxygen atoms in total. The van der Waals surface area contributed by atoms with Crippen molar-refractivity contribution in [2.24, 2.45) is 5.92 Å². The molecule has 5 aliphatic rings. The molecule has 7 atom stereocenters. The van der Waals surface area contributed by atoms with Crippen LogP contribution in [0.2, 0.25) is 0 Å². The highest BCUT2D eigenvalue weighted by Crippen LogP contribution is 2.48. The van der Waals surface area contributed by atoms with Crippen LogP contribution in [-0.2, 0) is 35.6 Å². The van der Waals surface area contributed by atoms with Crippen LogP contribution < -0.4 is 29.6 Å². The number of nitrogens with one attached hydrogen (secondary N) is 3. The number of ether oxygens (including phenoxy) is 4. The van der Waals surface area contributed by atoms with Gasteiger partial charge in [-0.25, -0.2) is 13.2 Å². The molecule has 1 saturated heterocycles. The van der Waals surface area contributed by atoms with Crippen molar-refractivity contribution in [1.29, 1.82) is 0 Å². The second-order valence-electron chi connectivity index (χ2n) is 15.5. The minimum atomic E-state index is -4.03. The summed E-state index contributed by atoms with van der Waals surface area (Å²) in [5.74, 6) is -1.48. The zero-order valence-corrected chi connectivity index (χ0v) is 32.3. The number of rotatable bonds is 8. The zero-order valence-electron chi connectivity index (χ0n) is 31.5. The van der Waals surface area contributed by atoms with E-state index in [2.05, 4.69) is 15.4 Å². The molecule has 55 heavy (non-hydrogen) atoms. The third kappa shape index (κ3) is 7.52. The molecule has 2 saturated carbocycles. The van der Waals surface area contributed by atoms with Gasteiger partial charge in [-0.3, -0.25) is 19.1 Å². The summed E-state index contributed by atoms with van der Waals surface area (Å²) in [6.07, 6.45) is 3.99. The van der Waals surface area contributed by atoms with E-state index in [-0.39, 0.29) is 37.8 Å². The van der Waals surface area contributed by atoms with Gasteiger partial charge in [0.15, 0.2) is 0 Å². The molecule has 2 aliphatic carbocycles. The predicted octanol–water partition coefficient (Wildman–Crippen LogP) is 2.96. The molecule has 4 heterocycles. The molecule has 298 valence electrons. The zero-order chi connectivity index (χ0) is 39.3. The maximum absolute atomic E-state index is 14.6. The van der Waals surface area contributed by atoms with Gasteiger partial charge < -0.3 is 39.6 Å². The molecule has 17 heteroatoms. The van der Waals surface area contributed by atoms with Gasteiger partial charge in [0.25, 0.3) is 5.91 Å². The van der Waals surface area contributed by atoms with E-state index in [0.29, 0.717) is 49.3 Å². The van der Waals surface area contributed by atoms with Crippen LogP contribution in [-0.4, -0.2) is 108 Å². The lowest BCUT2D eigenvalue weighted by molar-refractivity contribution is -0.145. The van der Waals surface area contributed by atoms with Crippen molar-refractivity contribution < 1.29 is 51.6 Å². The average molecular weight is 784 g/mol. The number of hydrogen-bond donors (Lipinski definition) is 4. The lowest BCUT2D eigenvalue weighted by Crippen LogP contribution is -2.60. The van der Waals surface area contributed by atoms with Crippen molar-refractivity contribution in [3.63, 3.8) is 0 Å². The van der Waals surface area contributed by atoms with Crippen LogP contribution in [0.15, 0.2) is 30.4 Å². The summed E-state index contributed by atoms with van der Waals surface area (Å²) in [5, 5.41) is 16.6. The van der Waals surface area contributed by atoms with Crippen LogP contribution in [0, 0.1) is 5.92 Å². The number of aryl methyl sites for hydroxylation is 1. The van der Waals surface area contributed by atoms with Gasteiger partial charge in [-0.15, -0.1) is 0 Å². The van der Waals surface area contributed by atoms with Crippen molar-refractivity contribution in [3.05, 3.63) is 35.9 Å². The Hall–Kier alpha value is -4.64. The molecule has 0 bridgehead atoms. The fourth-order valence-corrected chi connectivity index (χ4v) is 9.19. The van der Waals surface area contributed by atoms with E-state index in [4.69, 9.17) is 23.9 Å². The van der Waals surface area contributed by atoms with E-state index in [1.807, 2.05) is 25.1 Å². The van der Waals surface area contributed by atoms with Gasteiger partial charge in [0.05, 0.1) is 37.2 Å². The minimum absolute atomic E-state index is 0.0444. The fourth-order valence-electron chi connectivity index (χ4n) is 7.88. The van der Waals surface area contributed by atoms with E-state index in [1.54, 1.807) is 33.1 Å². The molecule has 2 aromatic rings. The maximum atomic E-state index is 14.6.